The van der Waals surface area contributed by atoms with Crippen LogP contribution in [0.3, 0.4) is 0 Å². The number of nitrogens with two attached hydrogens (primary N) is 1. The van der Waals surface area contributed by atoms with Crippen LogP contribution in [-0.4, -0.2) is 17.3 Å². The van der Waals surface area contributed by atoms with Crippen LogP contribution >= 0.6 is 0 Å². The fourth-order valence-electron chi connectivity index (χ4n) is 1.32. The molecular formula is C8H9N3O. The van der Waals surface area contributed by atoms with E-state index in [-0.39, 0.29) is 5.78 Å². The van der Waals surface area contributed by atoms with Crippen molar-refractivity contribution in [2.75, 3.05) is 17.6 Å². The largest absolute Gasteiger partial charge is 0.398 e. The smallest absolute Gasteiger partial charge is 0.170 e. The number of pyridine rings is 1. The van der Waals surface area contributed by atoms with Crippen LogP contribution in [0, 0.1) is 0 Å². The molecule has 4 nitrogen and oxygen atoms in total. The molecule has 12 heavy (non-hydrogen) atoms. The molecule has 3 N–H and O–H groups in total. The van der Waals surface area contributed by atoms with Crippen LogP contribution in [0.1, 0.15) is 16.8 Å². The van der Waals surface area contributed by atoms with Crippen molar-refractivity contribution in [2.45, 2.75) is 6.42 Å². The summed E-state index contributed by atoms with van der Waals surface area (Å²) in [5.74, 6) is 0.695. The van der Waals surface area contributed by atoms with Gasteiger partial charge >= 0.3 is 0 Å². The fourth-order valence-corrected chi connectivity index (χ4v) is 1.32. The Morgan fingerprint density at radius 2 is 2.42 bits per heavy atom. The van der Waals surface area contributed by atoms with Gasteiger partial charge in [-0.2, -0.15) is 0 Å². The van der Waals surface area contributed by atoms with Crippen LogP contribution in [0.25, 0.3) is 0 Å². The van der Waals surface area contributed by atoms with E-state index in [2.05, 4.69) is 10.3 Å². The third-order valence-electron chi connectivity index (χ3n) is 1.91. The Kier molecular flexibility index (Phi) is 1.46. The highest BCUT2D eigenvalue weighted by molar-refractivity contribution is 6.06. The summed E-state index contributed by atoms with van der Waals surface area (Å²) < 4.78 is 0. The highest BCUT2D eigenvalue weighted by Gasteiger charge is 2.19. The summed E-state index contributed by atoms with van der Waals surface area (Å²) in [6, 6.07) is 1.64. The topological polar surface area (TPSA) is 68.0 Å². The van der Waals surface area contributed by atoms with Gasteiger partial charge in [-0.15, -0.1) is 0 Å². The van der Waals surface area contributed by atoms with Gasteiger partial charge in [-0.1, -0.05) is 0 Å². The third-order valence-corrected chi connectivity index (χ3v) is 1.91. The fraction of sp³-hybridized carbons (Fsp3) is 0.250. The normalized spacial score (nSPS) is 15.2. The first-order chi connectivity index (χ1) is 5.79. The van der Waals surface area contributed by atoms with Gasteiger partial charge in [0.05, 0.1) is 5.56 Å². The van der Waals surface area contributed by atoms with E-state index in [1.165, 1.54) is 0 Å². The molecule has 0 radical (unpaired) electrons. The van der Waals surface area contributed by atoms with E-state index in [1.807, 2.05) is 0 Å². The van der Waals surface area contributed by atoms with E-state index in [0.717, 1.165) is 0 Å². The number of aromatic nitrogens is 1. The Hall–Kier alpha value is -1.58. The summed E-state index contributed by atoms with van der Waals surface area (Å²) in [5.41, 5.74) is 6.69. The Morgan fingerprint density at radius 1 is 1.58 bits per heavy atom. The maximum Gasteiger partial charge on any atom is 0.170 e. The molecule has 1 aromatic rings. The van der Waals surface area contributed by atoms with Crippen molar-refractivity contribution in [3.05, 3.63) is 17.8 Å². The maximum absolute atomic E-state index is 11.3. The maximum atomic E-state index is 11.3. The zero-order valence-corrected chi connectivity index (χ0v) is 6.50. The molecule has 0 spiro atoms. The summed E-state index contributed by atoms with van der Waals surface area (Å²) in [4.78, 5) is 15.4. The van der Waals surface area contributed by atoms with Crippen LogP contribution in [-0.2, 0) is 0 Å². The van der Waals surface area contributed by atoms with Crippen molar-refractivity contribution in [3.8, 4) is 0 Å². The second-order valence-corrected chi connectivity index (χ2v) is 2.72. The predicted molar refractivity (Wildman–Crippen MR) is 46.1 cm³/mol. The number of hydrogen-bond acceptors (Lipinski definition) is 4. The molecule has 1 aliphatic heterocycles. The molecule has 0 atom stereocenters. The van der Waals surface area contributed by atoms with Gasteiger partial charge in [0.1, 0.15) is 5.82 Å². The summed E-state index contributed by atoms with van der Waals surface area (Å²) in [6.07, 6.45) is 2.10. The quantitative estimate of drug-likeness (QED) is 0.589. The Labute approximate surface area is 69.8 Å². The minimum Gasteiger partial charge on any atom is -0.398 e. The second kappa shape index (κ2) is 2.48. The van der Waals surface area contributed by atoms with E-state index in [4.69, 9.17) is 5.73 Å². The average molecular weight is 163 g/mol. The Balaban J connectivity index is 2.60. The molecule has 2 heterocycles. The molecule has 1 aromatic heterocycles. The van der Waals surface area contributed by atoms with Gasteiger partial charge < -0.3 is 11.1 Å². The van der Waals surface area contributed by atoms with Crippen molar-refractivity contribution >= 4 is 17.3 Å². The molecule has 4 heteroatoms. The van der Waals surface area contributed by atoms with Crippen molar-refractivity contribution in [3.63, 3.8) is 0 Å². The van der Waals surface area contributed by atoms with E-state index < -0.39 is 0 Å². The van der Waals surface area contributed by atoms with Gasteiger partial charge in [0.15, 0.2) is 5.78 Å². The molecule has 0 amide bonds. The molecule has 2 rings (SSSR count). The number of fused-ring (bicyclic) bond motifs is 1. The van der Waals surface area contributed by atoms with Gasteiger partial charge in [0.25, 0.3) is 0 Å². The summed E-state index contributed by atoms with van der Waals surface area (Å²) >= 11 is 0. The summed E-state index contributed by atoms with van der Waals surface area (Å²) in [7, 11) is 0. The lowest BCUT2D eigenvalue weighted by Crippen LogP contribution is -2.20. The monoisotopic (exact) mass is 163 g/mol. The van der Waals surface area contributed by atoms with Crippen molar-refractivity contribution in [1.82, 2.24) is 4.98 Å². The Morgan fingerprint density at radius 3 is 3.17 bits per heavy atom. The number of nitrogens with zero attached hydrogens (tertiary/aromatic N) is 1. The minimum absolute atomic E-state index is 0.0781. The van der Waals surface area contributed by atoms with Gasteiger partial charge in [0.2, 0.25) is 0 Å². The van der Waals surface area contributed by atoms with Gasteiger partial charge in [-0.3, -0.25) is 4.79 Å². The number of carbonyl (C=O) groups excluding carboxylic acids is 1. The zero-order chi connectivity index (χ0) is 8.55. The SMILES string of the molecule is Nc1ccnc2c1C(=O)CCN2. The first kappa shape index (κ1) is 7.09. The molecule has 0 fully saturated rings. The number of Topliss-reactive ketones (excluding diaryl/α,β-unsaturated/α-hetero) is 1. The predicted octanol–water partition coefficient (Wildman–Crippen LogP) is 0.662. The highest BCUT2D eigenvalue weighted by Crippen LogP contribution is 2.23. The number of ketones is 1. The zero-order valence-electron chi connectivity index (χ0n) is 6.50. The molecule has 0 aliphatic carbocycles. The molecule has 62 valence electrons. The lowest BCUT2D eigenvalue weighted by Gasteiger charge is -2.16. The highest BCUT2D eigenvalue weighted by atomic mass is 16.1. The van der Waals surface area contributed by atoms with E-state index in [1.54, 1.807) is 12.3 Å². The van der Waals surface area contributed by atoms with Crippen LogP contribution in [0.15, 0.2) is 12.3 Å². The third kappa shape index (κ3) is 0.922. The second-order valence-electron chi connectivity index (χ2n) is 2.72. The minimum atomic E-state index is 0.0781. The lowest BCUT2D eigenvalue weighted by atomic mass is 10.0. The summed E-state index contributed by atoms with van der Waals surface area (Å²) in [6.45, 7) is 0.655. The molecule has 0 saturated carbocycles. The van der Waals surface area contributed by atoms with E-state index in [9.17, 15) is 4.79 Å². The van der Waals surface area contributed by atoms with Gasteiger partial charge in [-0.05, 0) is 6.07 Å². The van der Waals surface area contributed by atoms with Gasteiger partial charge in [-0.25, -0.2) is 4.98 Å². The van der Waals surface area contributed by atoms with Crippen LogP contribution < -0.4 is 11.1 Å². The van der Waals surface area contributed by atoms with Gasteiger partial charge in [0, 0.05) is 24.8 Å². The van der Waals surface area contributed by atoms with Crippen molar-refractivity contribution in [2.24, 2.45) is 0 Å². The van der Waals surface area contributed by atoms with Crippen molar-refractivity contribution in [1.29, 1.82) is 0 Å². The molecule has 0 aromatic carbocycles. The Bertz CT molecular complexity index is 335. The lowest BCUT2D eigenvalue weighted by molar-refractivity contribution is 0.0984. The molecule has 0 saturated heterocycles. The molecular weight excluding hydrogens is 154 g/mol. The summed E-state index contributed by atoms with van der Waals surface area (Å²) in [5, 5.41) is 3.02. The average Bonchev–Trinajstić information content (AvgIpc) is 2.04. The number of rotatable bonds is 0. The number of carbonyl (C=O) groups is 1. The van der Waals surface area contributed by atoms with Crippen LogP contribution in [0.2, 0.25) is 0 Å². The standard InChI is InChI=1S/C8H9N3O/c9-5-1-3-10-8-7(5)6(12)2-4-11-8/h1,3H,2,4H2,(H3,9,10,11). The molecule has 0 unspecified atom stereocenters. The van der Waals surface area contributed by atoms with Crippen LogP contribution in [0.5, 0.6) is 0 Å². The first-order valence-electron chi connectivity index (χ1n) is 3.80. The van der Waals surface area contributed by atoms with E-state index >= 15 is 0 Å². The van der Waals surface area contributed by atoms with E-state index in [0.29, 0.717) is 30.0 Å². The first-order valence-corrected chi connectivity index (χ1v) is 3.80. The number of nitrogens with one attached hydrogen (secondary N) is 1. The molecule has 1 aliphatic rings. The van der Waals surface area contributed by atoms with Crippen LogP contribution in [0.4, 0.5) is 11.5 Å². The molecule has 0 bridgehead atoms. The number of nitrogen functional groups attached to an aromatic ring is 1. The number of anilines is 2. The number of hydrogen-bond donors (Lipinski definition) is 2. The van der Waals surface area contributed by atoms with Crippen molar-refractivity contribution < 1.29 is 4.79 Å².